The SMILES string of the molecule is Cc1ccccc1OC(=O)CCC1CCCNC1. The quantitative estimate of drug-likeness (QED) is 0.656. The van der Waals surface area contributed by atoms with E-state index in [1.165, 1.54) is 12.8 Å². The van der Waals surface area contributed by atoms with Gasteiger partial charge >= 0.3 is 5.97 Å². The maximum Gasteiger partial charge on any atom is 0.311 e. The van der Waals surface area contributed by atoms with Crippen LogP contribution in [-0.4, -0.2) is 19.1 Å². The lowest BCUT2D eigenvalue weighted by molar-refractivity contribution is -0.134. The van der Waals surface area contributed by atoms with Gasteiger partial charge in [-0.15, -0.1) is 0 Å². The van der Waals surface area contributed by atoms with Crippen molar-refractivity contribution < 1.29 is 9.53 Å². The second-order valence-corrected chi connectivity index (χ2v) is 4.99. The zero-order chi connectivity index (χ0) is 12.8. The fourth-order valence-electron chi connectivity index (χ4n) is 2.34. The van der Waals surface area contributed by atoms with E-state index in [1.807, 2.05) is 31.2 Å². The van der Waals surface area contributed by atoms with Crippen molar-refractivity contribution in [1.29, 1.82) is 0 Å². The van der Waals surface area contributed by atoms with Gasteiger partial charge in [0.1, 0.15) is 5.75 Å². The summed E-state index contributed by atoms with van der Waals surface area (Å²) in [6.07, 6.45) is 3.89. The minimum Gasteiger partial charge on any atom is -0.426 e. The van der Waals surface area contributed by atoms with Gasteiger partial charge in [0, 0.05) is 6.42 Å². The summed E-state index contributed by atoms with van der Waals surface area (Å²) in [6.45, 7) is 4.11. The van der Waals surface area contributed by atoms with E-state index in [4.69, 9.17) is 4.74 Å². The Balaban J connectivity index is 1.76. The van der Waals surface area contributed by atoms with Crippen LogP contribution >= 0.6 is 0 Å². The summed E-state index contributed by atoms with van der Waals surface area (Å²) in [7, 11) is 0. The molecule has 2 rings (SSSR count). The molecule has 0 spiro atoms. The van der Waals surface area contributed by atoms with Crippen molar-refractivity contribution in [3.05, 3.63) is 29.8 Å². The van der Waals surface area contributed by atoms with Crippen LogP contribution in [0.15, 0.2) is 24.3 Å². The van der Waals surface area contributed by atoms with Crippen LogP contribution in [0.2, 0.25) is 0 Å². The Morgan fingerprint density at radius 1 is 1.44 bits per heavy atom. The highest BCUT2D eigenvalue weighted by atomic mass is 16.5. The van der Waals surface area contributed by atoms with Crippen molar-refractivity contribution in [3.8, 4) is 5.75 Å². The molecule has 18 heavy (non-hydrogen) atoms. The van der Waals surface area contributed by atoms with Crippen molar-refractivity contribution in [3.63, 3.8) is 0 Å². The zero-order valence-electron chi connectivity index (χ0n) is 10.9. The van der Waals surface area contributed by atoms with Crippen LogP contribution in [0.3, 0.4) is 0 Å². The summed E-state index contributed by atoms with van der Waals surface area (Å²) < 4.78 is 5.38. The predicted octanol–water partition coefficient (Wildman–Crippen LogP) is 2.68. The van der Waals surface area contributed by atoms with E-state index in [2.05, 4.69) is 5.32 Å². The lowest BCUT2D eigenvalue weighted by Crippen LogP contribution is -2.30. The van der Waals surface area contributed by atoms with Gasteiger partial charge in [0.2, 0.25) is 0 Å². The first kappa shape index (κ1) is 13.1. The largest absolute Gasteiger partial charge is 0.426 e. The number of esters is 1. The fourth-order valence-corrected chi connectivity index (χ4v) is 2.34. The standard InChI is InChI=1S/C15H21NO2/c1-12-5-2-3-7-14(12)18-15(17)9-8-13-6-4-10-16-11-13/h2-3,5,7,13,16H,4,6,8-11H2,1H3. The first-order chi connectivity index (χ1) is 8.75. The van der Waals surface area contributed by atoms with E-state index in [1.54, 1.807) is 0 Å². The smallest absolute Gasteiger partial charge is 0.311 e. The zero-order valence-corrected chi connectivity index (χ0v) is 10.9. The third-order valence-electron chi connectivity index (χ3n) is 3.47. The molecule has 1 heterocycles. The van der Waals surface area contributed by atoms with Gasteiger partial charge in [-0.2, -0.15) is 0 Å². The first-order valence-corrected chi connectivity index (χ1v) is 6.73. The molecule has 1 atom stereocenters. The van der Waals surface area contributed by atoms with Gasteiger partial charge in [-0.25, -0.2) is 0 Å². The molecule has 1 aromatic rings. The Morgan fingerprint density at radius 2 is 2.28 bits per heavy atom. The molecule has 1 N–H and O–H groups in total. The van der Waals surface area contributed by atoms with Crippen LogP contribution in [0.25, 0.3) is 0 Å². The summed E-state index contributed by atoms with van der Waals surface area (Å²) >= 11 is 0. The van der Waals surface area contributed by atoms with Gasteiger partial charge in [0.15, 0.2) is 0 Å². The molecule has 1 aromatic carbocycles. The molecule has 1 aliphatic heterocycles. The molecule has 1 fully saturated rings. The Bertz CT molecular complexity index is 397. The highest BCUT2D eigenvalue weighted by Gasteiger charge is 2.15. The number of piperidine rings is 1. The number of aryl methyl sites for hydroxylation is 1. The Hall–Kier alpha value is -1.35. The second kappa shape index (κ2) is 6.55. The van der Waals surface area contributed by atoms with E-state index in [-0.39, 0.29) is 5.97 Å². The van der Waals surface area contributed by atoms with Crippen LogP contribution < -0.4 is 10.1 Å². The first-order valence-electron chi connectivity index (χ1n) is 6.73. The van der Waals surface area contributed by atoms with Gasteiger partial charge in [0.25, 0.3) is 0 Å². The van der Waals surface area contributed by atoms with Crippen LogP contribution in [0.4, 0.5) is 0 Å². The molecule has 0 bridgehead atoms. The predicted molar refractivity (Wildman–Crippen MR) is 71.6 cm³/mol. The van der Waals surface area contributed by atoms with Crippen molar-refractivity contribution in [1.82, 2.24) is 5.32 Å². The molecule has 1 unspecified atom stereocenters. The van der Waals surface area contributed by atoms with E-state index >= 15 is 0 Å². The molecule has 1 saturated heterocycles. The summed E-state index contributed by atoms with van der Waals surface area (Å²) in [5.74, 6) is 1.20. The number of benzene rings is 1. The summed E-state index contributed by atoms with van der Waals surface area (Å²) in [5, 5.41) is 3.37. The van der Waals surface area contributed by atoms with E-state index in [9.17, 15) is 4.79 Å². The van der Waals surface area contributed by atoms with Gasteiger partial charge in [0.05, 0.1) is 0 Å². The van der Waals surface area contributed by atoms with Crippen LogP contribution in [0, 0.1) is 12.8 Å². The third kappa shape index (κ3) is 3.84. The number of rotatable bonds is 4. The van der Waals surface area contributed by atoms with Gasteiger partial charge in [-0.05, 0) is 56.8 Å². The third-order valence-corrected chi connectivity index (χ3v) is 3.47. The molecule has 0 saturated carbocycles. The fraction of sp³-hybridized carbons (Fsp3) is 0.533. The van der Waals surface area contributed by atoms with E-state index in [0.717, 1.165) is 25.1 Å². The van der Waals surface area contributed by atoms with E-state index < -0.39 is 0 Å². The highest BCUT2D eigenvalue weighted by molar-refractivity contribution is 5.72. The maximum absolute atomic E-state index is 11.8. The lowest BCUT2D eigenvalue weighted by Gasteiger charge is -2.22. The van der Waals surface area contributed by atoms with Crippen LogP contribution in [0.5, 0.6) is 5.75 Å². The van der Waals surface area contributed by atoms with Crippen molar-refractivity contribution >= 4 is 5.97 Å². The molecule has 98 valence electrons. The van der Waals surface area contributed by atoms with Crippen molar-refractivity contribution in [2.24, 2.45) is 5.92 Å². The van der Waals surface area contributed by atoms with Crippen molar-refractivity contribution in [2.75, 3.05) is 13.1 Å². The minimum atomic E-state index is -0.116. The monoisotopic (exact) mass is 247 g/mol. The topological polar surface area (TPSA) is 38.3 Å². The Morgan fingerprint density at radius 3 is 3.00 bits per heavy atom. The normalized spacial score (nSPS) is 19.5. The Kier molecular flexibility index (Phi) is 4.76. The van der Waals surface area contributed by atoms with Crippen molar-refractivity contribution in [2.45, 2.75) is 32.6 Å². The molecular weight excluding hydrogens is 226 g/mol. The molecule has 3 heteroatoms. The minimum absolute atomic E-state index is 0.116. The molecular formula is C15H21NO2. The van der Waals surface area contributed by atoms with Gasteiger partial charge in [-0.1, -0.05) is 18.2 Å². The molecule has 3 nitrogen and oxygen atoms in total. The van der Waals surface area contributed by atoms with Crippen LogP contribution in [-0.2, 0) is 4.79 Å². The Labute approximate surface area is 109 Å². The number of ether oxygens (including phenoxy) is 1. The molecule has 1 aliphatic rings. The lowest BCUT2D eigenvalue weighted by atomic mass is 9.95. The number of nitrogens with one attached hydrogen (secondary N) is 1. The molecule has 0 amide bonds. The summed E-state index contributed by atoms with van der Waals surface area (Å²) in [6, 6.07) is 7.63. The van der Waals surface area contributed by atoms with Gasteiger partial charge < -0.3 is 10.1 Å². The summed E-state index contributed by atoms with van der Waals surface area (Å²) in [4.78, 5) is 11.8. The second-order valence-electron chi connectivity index (χ2n) is 4.99. The average molecular weight is 247 g/mol. The maximum atomic E-state index is 11.8. The average Bonchev–Trinajstić information content (AvgIpc) is 2.40. The highest BCUT2D eigenvalue weighted by Crippen LogP contribution is 2.19. The number of hydrogen-bond donors (Lipinski definition) is 1. The molecule has 0 radical (unpaired) electrons. The number of para-hydroxylation sites is 1. The number of carbonyl (C=O) groups excluding carboxylic acids is 1. The number of carbonyl (C=O) groups is 1. The molecule has 0 aromatic heterocycles. The molecule has 0 aliphatic carbocycles. The van der Waals surface area contributed by atoms with Gasteiger partial charge in [-0.3, -0.25) is 4.79 Å². The summed E-state index contributed by atoms with van der Waals surface area (Å²) in [5.41, 5.74) is 1.00. The van der Waals surface area contributed by atoms with E-state index in [0.29, 0.717) is 18.1 Å². The number of hydrogen-bond acceptors (Lipinski definition) is 3. The van der Waals surface area contributed by atoms with Crippen LogP contribution in [0.1, 0.15) is 31.2 Å².